The van der Waals surface area contributed by atoms with Crippen molar-refractivity contribution in [3.8, 4) is 5.75 Å². The van der Waals surface area contributed by atoms with Crippen molar-refractivity contribution in [1.82, 2.24) is 9.38 Å². The summed E-state index contributed by atoms with van der Waals surface area (Å²) in [6.45, 7) is 1.30. The zero-order valence-corrected chi connectivity index (χ0v) is 14.2. The van der Waals surface area contributed by atoms with Crippen LogP contribution in [0.4, 0.5) is 26.3 Å². The highest BCUT2D eigenvalue weighted by molar-refractivity contribution is 5.40. The van der Waals surface area contributed by atoms with E-state index in [1.165, 1.54) is 4.40 Å². The van der Waals surface area contributed by atoms with Crippen LogP contribution in [0.2, 0.25) is 0 Å². The van der Waals surface area contributed by atoms with Gasteiger partial charge in [-0.1, -0.05) is 6.07 Å². The second-order valence-electron chi connectivity index (χ2n) is 6.05. The highest BCUT2D eigenvalue weighted by atomic mass is 19.4. The zero-order chi connectivity index (χ0) is 20.7. The van der Waals surface area contributed by atoms with Crippen LogP contribution in [0.15, 0.2) is 47.4 Å². The number of ether oxygens (including phenoxy) is 1. The van der Waals surface area contributed by atoms with E-state index in [0.717, 1.165) is 11.6 Å². The second-order valence-corrected chi connectivity index (χ2v) is 6.05. The molecule has 0 bridgehead atoms. The predicted octanol–water partition coefficient (Wildman–Crippen LogP) is 4.62. The van der Waals surface area contributed by atoms with Gasteiger partial charge >= 0.3 is 12.4 Å². The quantitative estimate of drug-likeness (QED) is 0.601. The molecule has 0 atom stereocenters. The van der Waals surface area contributed by atoms with Gasteiger partial charge in [-0.15, -0.1) is 0 Å². The first-order valence-corrected chi connectivity index (χ1v) is 7.85. The summed E-state index contributed by atoms with van der Waals surface area (Å²) < 4.78 is 83.6. The molecule has 0 amide bonds. The van der Waals surface area contributed by atoms with Crippen LogP contribution in [0.25, 0.3) is 5.65 Å². The van der Waals surface area contributed by atoms with E-state index in [9.17, 15) is 31.1 Å². The predicted molar refractivity (Wildman–Crippen MR) is 87.0 cm³/mol. The van der Waals surface area contributed by atoms with E-state index in [2.05, 4.69) is 4.98 Å². The molecule has 148 valence electrons. The Hall–Kier alpha value is -3.04. The fourth-order valence-electron chi connectivity index (χ4n) is 2.50. The van der Waals surface area contributed by atoms with Gasteiger partial charge in [-0.05, 0) is 36.8 Å². The van der Waals surface area contributed by atoms with Crippen molar-refractivity contribution >= 4 is 5.65 Å². The smallest absolute Gasteiger partial charge is 0.416 e. The van der Waals surface area contributed by atoms with Gasteiger partial charge in [0.05, 0.1) is 16.8 Å². The number of aryl methyl sites for hydroxylation is 1. The van der Waals surface area contributed by atoms with Crippen LogP contribution >= 0.6 is 0 Å². The molecule has 1 aromatic carbocycles. The lowest BCUT2D eigenvalue weighted by atomic mass is 10.1. The topological polar surface area (TPSA) is 43.6 Å². The standard InChI is InChI=1S/C18H12F6N2O2/c1-10-2-3-15-25-13(7-16(27)26(15)8-10)9-28-14-5-11(17(19,20)21)4-12(6-14)18(22,23)24/h2-8H,9H2,1H3. The van der Waals surface area contributed by atoms with E-state index < -0.39 is 41.4 Å². The van der Waals surface area contributed by atoms with E-state index in [4.69, 9.17) is 4.74 Å². The van der Waals surface area contributed by atoms with Crippen molar-refractivity contribution in [3.05, 3.63) is 75.3 Å². The molecule has 0 saturated heterocycles. The Balaban J connectivity index is 1.93. The van der Waals surface area contributed by atoms with Gasteiger partial charge in [0.15, 0.2) is 0 Å². The van der Waals surface area contributed by atoms with Gasteiger partial charge in [-0.25, -0.2) is 4.98 Å². The summed E-state index contributed by atoms with van der Waals surface area (Å²) in [6, 6.07) is 5.31. The molecule has 0 saturated carbocycles. The molecule has 3 rings (SSSR count). The largest absolute Gasteiger partial charge is 0.487 e. The Labute approximate surface area is 154 Å². The van der Waals surface area contributed by atoms with Crippen LogP contribution < -0.4 is 10.3 Å². The van der Waals surface area contributed by atoms with E-state index in [-0.39, 0.29) is 17.4 Å². The molecule has 4 nitrogen and oxygen atoms in total. The normalized spacial score (nSPS) is 12.4. The third-order valence-corrected chi connectivity index (χ3v) is 3.81. The van der Waals surface area contributed by atoms with Crippen molar-refractivity contribution < 1.29 is 31.1 Å². The lowest BCUT2D eigenvalue weighted by Crippen LogP contribution is -2.16. The fraction of sp³-hybridized carbons (Fsp3) is 0.222. The first-order chi connectivity index (χ1) is 12.9. The summed E-state index contributed by atoms with van der Waals surface area (Å²) in [4.78, 5) is 16.2. The number of fused-ring (bicyclic) bond motifs is 1. The molecule has 0 fully saturated rings. The van der Waals surface area contributed by atoms with Gasteiger partial charge < -0.3 is 4.74 Å². The number of rotatable bonds is 3. The first kappa shape index (κ1) is 19.7. The van der Waals surface area contributed by atoms with E-state index >= 15 is 0 Å². The Morgan fingerprint density at radius 3 is 2.14 bits per heavy atom. The second kappa shape index (κ2) is 6.84. The third-order valence-electron chi connectivity index (χ3n) is 3.81. The number of pyridine rings is 1. The van der Waals surface area contributed by atoms with Gasteiger partial charge in [0.25, 0.3) is 5.56 Å². The highest BCUT2D eigenvalue weighted by Crippen LogP contribution is 2.38. The van der Waals surface area contributed by atoms with Crippen LogP contribution in [-0.4, -0.2) is 9.38 Å². The average Bonchev–Trinajstić information content (AvgIpc) is 2.59. The van der Waals surface area contributed by atoms with Gasteiger partial charge in [-0.2, -0.15) is 26.3 Å². The molecule has 10 heteroatoms. The monoisotopic (exact) mass is 402 g/mol. The third kappa shape index (κ3) is 4.26. The SMILES string of the molecule is Cc1ccc2nc(COc3cc(C(F)(F)F)cc(C(F)(F)F)c3)cc(=O)n2c1. The minimum Gasteiger partial charge on any atom is -0.487 e. The van der Waals surface area contributed by atoms with Crippen molar-refractivity contribution in [1.29, 1.82) is 0 Å². The molecule has 0 unspecified atom stereocenters. The highest BCUT2D eigenvalue weighted by Gasteiger charge is 2.37. The van der Waals surface area contributed by atoms with Gasteiger partial charge in [0.2, 0.25) is 0 Å². The number of alkyl halides is 6. The number of halogens is 6. The summed E-state index contributed by atoms with van der Waals surface area (Å²) in [5, 5.41) is 0. The minimum atomic E-state index is -4.97. The molecule has 2 heterocycles. The molecule has 0 N–H and O–H groups in total. The zero-order valence-electron chi connectivity index (χ0n) is 14.2. The maximum atomic E-state index is 12.9. The van der Waals surface area contributed by atoms with E-state index in [1.54, 1.807) is 25.3 Å². The molecule has 2 aromatic heterocycles. The molecular formula is C18H12F6N2O2. The first-order valence-electron chi connectivity index (χ1n) is 7.85. The number of hydrogen-bond donors (Lipinski definition) is 0. The van der Waals surface area contributed by atoms with Crippen LogP contribution in [0.3, 0.4) is 0 Å². The number of hydrogen-bond acceptors (Lipinski definition) is 3. The molecule has 3 aromatic rings. The summed E-state index contributed by atoms with van der Waals surface area (Å²) in [7, 11) is 0. The molecule has 0 aliphatic rings. The maximum Gasteiger partial charge on any atom is 0.416 e. The molecule has 28 heavy (non-hydrogen) atoms. The fourth-order valence-corrected chi connectivity index (χ4v) is 2.50. The van der Waals surface area contributed by atoms with Gasteiger partial charge in [0.1, 0.15) is 18.0 Å². The van der Waals surface area contributed by atoms with Crippen molar-refractivity contribution in [2.24, 2.45) is 0 Å². The van der Waals surface area contributed by atoms with E-state index in [1.807, 2.05) is 0 Å². The van der Waals surface area contributed by atoms with Crippen LogP contribution in [0.1, 0.15) is 22.4 Å². The van der Waals surface area contributed by atoms with E-state index in [0.29, 0.717) is 12.1 Å². The lowest BCUT2D eigenvalue weighted by Gasteiger charge is -2.14. The minimum absolute atomic E-state index is 0.00978. The van der Waals surface area contributed by atoms with Crippen molar-refractivity contribution in [2.75, 3.05) is 0 Å². The van der Waals surface area contributed by atoms with Crippen LogP contribution in [0, 0.1) is 6.92 Å². The number of benzene rings is 1. The summed E-state index contributed by atoms with van der Waals surface area (Å²) in [6.07, 6.45) is -8.40. The number of nitrogens with zero attached hydrogens (tertiary/aromatic N) is 2. The lowest BCUT2D eigenvalue weighted by molar-refractivity contribution is -0.143. The summed E-state index contributed by atoms with van der Waals surface area (Å²) in [5.74, 6) is -0.631. The Kier molecular flexibility index (Phi) is 4.82. The van der Waals surface area contributed by atoms with Gasteiger partial charge in [0, 0.05) is 12.3 Å². The molecule has 0 radical (unpaired) electrons. The summed E-state index contributed by atoms with van der Waals surface area (Å²) >= 11 is 0. The molecular weight excluding hydrogens is 390 g/mol. The Bertz CT molecular complexity index is 1050. The van der Waals surface area contributed by atoms with Crippen molar-refractivity contribution in [3.63, 3.8) is 0 Å². The number of aromatic nitrogens is 2. The van der Waals surface area contributed by atoms with Crippen LogP contribution in [0.5, 0.6) is 5.75 Å². The van der Waals surface area contributed by atoms with Gasteiger partial charge in [-0.3, -0.25) is 9.20 Å². The molecule has 0 aliphatic carbocycles. The van der Waals surface area contributed by atoms with Crippen molar-refractivity contribution in [2.45, 2.75) is 25.9 Å². The summed E-state index contributed by atoms with van der Waals surface area (Å²) in [5.41, 5.74) is -2.27. The average molecular weight is 402 g/mol. The molecule has 0 aliphatic heterocycles. The molecule has 0 spiro atoms. The maximum absolute atomic E-state index is 12.9. The van der Waals surface area contributed by atoms with Crippen LogP contribution in [-0.2, 0) is 19.0 Å². The Morgan fingerprint density at radius 2 is 1.57 bits per heavy atom. The Morgan fingerprint density at radius 1 is 0.964 bits per heavy atom.